The highest BCUT2D eigenvalue weighted by molar-refractivity contribution is 5.15. The van der Waals surface area contributed by atoms with E-state index in [0.29, 0.717) is 5.54 Å². The van der Waals surface area contributed by atoms with E-state index in [-0.39, 0.29) is 0 Å². The van der Waals surface area contributed by atoms with E-state index in [4.69, 9.17) is 5.73 Å². The van der Waals surface area contributed by atoms with Crippen LogP contribution in [0.2, 0.25) is 0 Å². The van der Waals surface area contributed by atoms with Gasteiger partial charge in [-0.25, -0.2) is 0 Å². The topological polar surface area (TPSA) is 26.0 Å². The first-order valence-corrected chi connectivity index (χ1v) is 2.60. The van der Waals surface area contributed by atoms with E-state index in [0.717, 1.165) is 5.92 Å². The molecule has 2 fully saturated rings. The summed E-state index contributed by atoms with van der Waals surface area (Å²) in [7, 11) is 0. The average Bonchev–Trinajstić information content (AvgIpc) is 1.88. The molecule has 0 amide bonds. The summed E-state index contributed by atoms with van der Waals surface area (Å²) >= 11 is 0. The van der Waals surface area contributed by atoms with E-state index >= 15 is 0 Å². The van der Waals surface area contributed by atoms with E-state index in [9.17, 15) is 0 Å². The van der Waals surface area contributed by atoms with E-state index < -0.39 is 0 Å². The van der Waals surface area contributed by atoms with Crippen LogP contribution in [0.25, 0.3) is 0 Å². The Morgan fingerprint density at radius 1 is 1.67 bits per heavy atom. The zero-order valence-electron chi connectivity index (χ0n) is 3.78. The van der Waals surface area contributed by atoms with Gasteiger partial charge < -0.3 is 5.73 Å². The molecule has 0 aromatic heterocycles. The molecule has 0 radical (unpaired) electrons. The van der Waals surface area contributed by atoms with E-state index in [1.807, 2.05) is 0 Å². The Morgan fingerprint density at radius 2 is 2.33 bits per heavy atom. The molecule has 6 heavy (non-hydrogen) atoms. The first-order chi connectivity index (χ1) is 2.81. The van der Waals surface area contributed by atoms with Gasteiger partial charge >= 0.3 is 0 Å². The van der Waals surface area contributed by atoms with Crippen molar-refractivity contribution in [1.82, 2.24) is 0 Å². The van der Waals surface area contributed by atoms with Crippen LogP contribution in [-0.2, 0) is 0 Å². The molecule has 2 rings (SSSR count). The molecule has 0 aromatic rings. The number of hydrogen-bond acceptors (Lipinski definition) is 1. The third-order valence-electron chi connectivity index (χ3n) is 2.24. The van der Waals surface area contributed by atoms with Gasteiger partial charge in [0.2, 0.25) is 0 Å². The number of nitrogens with two attached hydrogens (primary N) is 1. The summed E-state index contributed by atoms with van der Waals surface area (Å²) in [5.41, 5.74) is 6.08. The Labute approximate surface area is 37.5 Å². The van der Waals surface area contributed by atoms with E-state index in [2.05, 4.69) is 0 Å². The average molecular weight is 83.1 g/mol. The van der Waals surface area contributed by atoms with Crippen LogP contribution >= 0.6 is 0 Å². The van der Waals surface area contributed by atoms with Crippen molar-refractivity contribution in [3.63, 3.8) is 0 Å². The monoisotopic (exact) mass is 83.1 g/mol. The van der Waals surface area contributed by atoms with Gasteiger partial charge in [-0.05, 0) is 25.2 Å². The lowest BCUT2D eigenvalue weighted by atomic mass is 9.94. The molecule has 1 nitrogen and oxygen atoms in total. The summed E-state index contributed by atoms with van der Waals surface area (Å²) in [6.07, 6.45) is 4.04. The van der Waals surface area contributed by atoms with Gasteiger partial charge in [-0.2, -0.15) is 0 Å². The van der Waals surface area contributed by atoms with Crippen LogP contribution in [0.1, 0.15) is 19.3 Å². The van der Waals surface area contributed by atoms with Crippen molar-refractivity contribution in [1.29, 1.82) is 0 Å². The molecular weight excluding hydrogens is 74.1 g/mol. The van der Waals surface area contributed by atoms with Gasteiger partial charge in [-0.1, -0.05) is 0 Å². The molecule has 2 atom stereocenters. The second-order valence-corrected chi connectivity index (χ2v) is 2.67. The third-order valence-corrected chi connectivity index (χ3v) is 2.24. The highest BCUT2D eigenvalue weighted by Crippen LogP contribution is 2.57. The lowest BCUT2D eigenvalue weighted by Crippen LogP contribution is -2.31. The van der Waals surface area contributed by atoms with Crippen LogP contribution in [0.15, 0.2) is 0 Å². The fraction of sp³-hybridized carbons (Fsp3) is 1.00. The van der Waals surface area contributed by atoms with Gasteiger partial charge in [-0.3, -0.25) is 0 Å². The first-order valence-electron chi connectivity index (χ1n) is 2.60. The van der Waals surface area contributed by atoms with Crippen molar-refractivity contribution in [3.8, 4) is 0 Å². The normalized spacial score (nSPS) is 62.5. The van der Waals surface area contributed by atoms with Crippen LogP contribution in [0.5, 0.6) is 0 Å². The van der Waals surface area contributed by atoms with Crippen molar-refractivity contribution in [2.24, 2.45) is 11.7 Å². The quantitative estimate of drug-likeness (QED) is 0.453. The first kappa shape index (κ1) is 3.03. The van der Waals surface area contributed by atoms with Gasteiger partial charge in [0.05, 0.1) is 0 Å². The summed E-state index contributed by atoms with van der Waals surface area (Å²) in [5, 5.41) is 0. The Kier molecular flexibility index (Phi) is 0.274. The SMILES string of the molecule is N[C@@]12CCC1C2. The Hall–Kier alpha value is -0.0400. The van der Waals surface area contributed by atoms with Gasteiger partial charge in [0.15, 0.2) is 0 Å². The molecule has 0 saturated heterocycles. The number of fused-ring (bicyclic) bond motifs is 1. The molecule has 0 heterocycles. The van der Waals surface area contributed by atoms with Crippen LogP contribution in [0.4, 0.5) is 0 Å². The van der Waals surface area contributed by atoms with Gasteiger partial charge in [0.25, 0.3) is 0 Å². The fourth-order valence-electron chi connectivity index (χ4n) is 1.32. The molecule has 2 aliphatic rings. The van der Waals surface area contributed by atoms with Crippen molar-refractivity contribution >= 4 is 0 Å². The van der Waals surface area contributed by atoms with Crippen molar-refractivity contribution in [3.05, 3.63) is 0 Å². The molecule has 0 aliphatic heterocycles. The van der Waals surface area contributed by atoms with Crippen LogP contribution < -0.4 is 5.73 Å². The standard InChI is InChI=1S/C5H9N/c6-5-2-1-4(5)3-5/h4H,1-3,6H2/t4?,5-/m1/s1. The second-order valence-electron chi connectivity index (χ2n) is 2.67. The smallest absolute Gasteiger partial charge is 0.0187 e. The minimum absolute atomic E-state index is 0.389. The van der Waals surface area contributed by atoms with Gasteiger partial charge in [0.1, 0.15) is 0 Å². The maximum absolute atomic E-state index is 5.70. The van der Waals surface area contributed by atoms with E-state index in [1.54, 1.807) is 0 Å². The zero-order valence-corrected chi connectivity index (χ0v) is 3.78. The van der Waals surface area contributed by atoms with Gasteiger partial charge in [0, 0.05) is 5.54 Å². The molecule has 0 aromatic carbocycles. The summed E-state index contributed by atoms with van der Waals surface area (Å²) in [6, 6.07) is 0. The highest BCUT2D eigenvalue weighted by Gasteiger charge is 2.57. The number of rotatable bonds is 0. The van der Waals surface area contributed by atoms with Crippen LogP contribution in [-0.4, -0.2) is 5.54 Å². The van der Waals surface area contributed by atoms with Crippen molar-refractivity contribution in [2.45, 2.75) is 24.8 Å². The van der Waals surface area contributed by atoms with Crippen LogP contribution in [0.3, 0.4) is 0 Å². The molecule has 2 saturated carbocycles. The fourth-order valence-corrected chi connectivity index (χ4v) is 1.32. The summed E-state index contributed by atoms with van der Waals surface area (Å²) in [5.74, 6) is 0.956. The number of hydrogen-bond donors (Lipinski definition) is 1. The maximum Gasteiger partial charge on any atom is 0.0187 e. The molecule has 2 aliphatic carbocycles. The predicted molar refractivity (Wildman–Crippen MR) is 24.3 cm³/mol. The van der Waals surface area contributed by atoms with Crippen molar-refractivity contribution < 1.29 is 0 Å². The van der Waals surface area contributed by atoms with E-state index in [1.165, 1.54) is 19.3 Å². The molecule has 34 valence electrons. The lowest BCUT2D eigenvalue weighted by Gasteiger charge is -2.18. The second kappa shape index (κ2) is 0.544. The molecule has 0 bridgehead atoms. The highest BCUT2D eigenvalue weighted by atomic mass is 14.9. The summed E-state index contributed by atoms with van der Waals surface area (Å²) in [4.78, 5) is 0. The molecule has 2 N–H and O–H groups in total. The predicted octanol–water partition coefficient (Wildman–Crippen LogP) is 0.498. The molecule has 0 spiro atoms. The third kappa shape index (κ3) is 0.155. The zero-order chi connectivity index (χ0) is 4.20. The molecule has 1 heteroatoms. The molecular formula is C5H9N. The summed E-state index contributed by atoms with van der Waals surface area (Å²) < 4.78 is 0. The van der Waals surface area contributed by atoms with Crippen molar-refractivity contribution in [2.75, 3.05) is 0 Å². The lowest BCUT2D eigenvalue weighted by molar-refractivity contribution is 0.400. The maximum atomic E-state index is 5.70. The Bertz CT molecular complexity index is 85.9. The largest absolute Gasteiger partial charge is 0.325 e. The Balaban J connectivity index is 2.22. The summed E-state index contributed by atoms with van der Waals surface area (Å²) in [6.45, 7) is 0. The Morgan fingerprint density at radius 3 is 2.33 bits per heavy atom. The minimum Gasteiger partial charge on any atom is -0.325 e. The van der Waals surface area contributed by atoms with Gasteiger partial charge in [-0.15, -0.1) is 0 Å². The molecule has 1 unspecified atom stereocenters. The minimum atomic E-state index is 0.389. The van der Waals surface area contributed by atoms with Crippen LogP contribution in [0, 0.1) is 5.92 Å².